The number of halogens is 2. The molecule has 1 N–H and O–H groups in total. The fourth-order valence-corrected chi connectivity index (χ4v) is 1.46. The van der Waals surface area contributed by atoms with Crippen molar-refractivity contribution in [2.75, 3.05) is 0 Å². The molecule has 92 valence electrons. The first-order valence-corrected chi connectivity index (χ1v) is 5.18. The van der Waals surface area contributed by atoms with Crippen LogP contribution in [0.25, 0.3) is 0 Å². The Kier molecular flexibility index (Phi) is 3.12. The van der Waals surface area contributed by atoms with Gasteiger partial charge in [0, 0.05) is 10.6 Å². The molecule has 1 heterocycles. The van der Waals surface area contributed by atoms with E-state index in [1.807, 2.05) is 0 Å². The first-order chi connectivity index (χ1) is 8.49. The molecule has 1 aromatic heterocycles. The van der Waals surface area contributed by atoms with E-state index in [1.165, 1.54) is 24.3 Å². The molecule has 0 saturated carbocycles. The Bertz CT molecular complexity index is 718. The molecule has 18 heavy (non-hydrogen) atoms. The lowest BCUT2D eigenvalue weighted by atomic mass is 10.2. The Morgan fingerprint density at radius 1 is 1.22 bits per heavy atom. The molecule has 0 fully saturated rings. The van der Waals surface area contributed by atoms with E-state index in [0.717, 1.165) is 0 Å². The van der Waals surface area contributed by atoms with Gasteiger partial charge in [-0.05, 0) is 24.3 Å². The van der Waals surface area contributed by atoms with Gasteiger partial charge in [-0.1, -0.05) is 11.6 Å². The number of hydrogen-bond donors (Lipinski definition) is 1. The van der Waals surface area contributed by atoms with Crippen molar-refractivity contribution >= 4 is 17.5 Å². The van der Waals surface area contributed by atoms with Gasteiger partial charge in [0.1, 0.15) is 0 Å². The van der Waals surface area contributed by atoms with Crippen LogP contribution in [0.4, 0.5) is 4.39 Å². The number of carbonyl (C=O) groups excluding carboxylic acids is 1. The van der Waals surface area contributed by atoms with Crippen molar-refractivity contribution in [1.82, 2.24) is 9.55 Å². The largest absolute Gasteiger partial charge is 0.335 e. The van der Waals surface area contributed by atoms with E-state index in [-0.39, 0.29) is 5.56 Å². The van der Waals surface area contributed by atoms with E-state index in [1.54, 1.807) is 4.98 Å². The van der Waals surface area contributed by atoms with Crippen molar-refractivity contribution < 1.29 is 9.18 Å². The van der Waals surface area contributed by atoms with E-state index >= 15 is 0 Å². The number of H-pyrrole nitrogens is 1. The van der Waals surface area contributed by atoms with E-state index in [2.05, 4.69) is 0 Å². The smallest absolute Gasteiger partial charge is 0.271 e. The zero-order chi connectivity index (χ0) is 13.3. The van der Waals surface area contributed by atoms with Crippen molar-refractivity contribution in [3.63, 3.8) is 0 Å². The molecular weight excluding hydrogens is 263 g/mol. The monoisotopic (exact) mass is 268 g/mol. The van der Waals surface area contributed by atoms with Gasteiger partial charge in [0.15, 0.2) is 0 Å². The number of aromatic nitrogens is 2. The van der Waals surface area contributed by atoms with Crippen LogP contribution in [0.3, 0.4) is 0 Å². The average Bonchev–Trinajstić information content (AvgIpc) is 2.34. The predicted octanol–water partition coefficient (Wildman–Crippen LogP) is 1.02. The molecular formula is C11H6ClFN2O3. The standard InChI is InChI=1S/C11H6ClFN2O3/c12-7-3-1-6(2-4-7)10(17)15-5-8(13)9(16)14-11(15)18/h1-5H,(H,14,16,18). The van der Waals surface area contributed by atoms with E-state index < -0.39 is 23.0 Å². The predicted molar refractivity (Wildman–Crippen MR) is 62.5 cm³/mol. The Morgan fingerprint density at radius 2 is 1.83 bits per heavy atom. The number of benzene rings is 1. The SMILES string of the molecule is O=C(c1ccc(Cl)cc1)n1cc(F)c(=O)[nH]c1=O. The number of nitrogens with one attached hydrogen (secondary N) is 1. The molecule has 0 atom stereocenters. The maximum atomic E-state index is 13.0. The summed E-state index contributed by atoms with van der Waals surface area (Å²) < 4.78 is 13.5. The van der Waals surface area contributed by atoms with Gasteiger partial charge in [-0.3, -0.25) is 14.6 Å². The summed E-state index contributed by atoms with van der Waals surface area (Å²) in [5.74, 6) is -1.97. The van der Waals surface area contributed by atoms with Crippen LogP contribution < -0.4 is 11.2 Å². The van der Waals surface area contributed by atoms with Crippen molar-refractivity contribution in [1.29, 1.82) is 0 Å². The first kappa shape index (κ1) is 12.3. The summed E-state index contributed by atoms with van der Waals surface area (Å²) in [4.78, 5) is 35.8. The second-order valence-electron chi connectivity index (χ2n) is 3.42. The Hall–Kier alpha value is -2.21. The summed E-state index contributed by atoms with van der Waals surface area (Å²) in [5.41, 5.74) is -2.02. The number of rotatable bonds is 1. The highest BCUT2D eigenvalue weighted by Crippen LogP contribution is 2.10. The summed E-state index contributed by atoms with van der Waals surface area (Å²) in [6.07, 6.45) is 0.554. The minimum absolute atomic E-state index is 0.146. The molecule has 0 aliphatic carbocycles. The lowest BCUT2D eigenvalue weighted by molar-refractivity contribution is 0.0952. The molecule has 2 rings (SSSR count). The van der Waals surface area contributed by atoms with Gasteiger partial charge in [0.05, 0.1) is 6.20 Å². The lowest BCUT2D eigenvalue weighted by Crippen LogP contribution is -2.35. The average molecular weight is 269 g/mol. The third-order valence-corrected chi connectivity index (χ3v) is 2.46. The molecule has 0 radical (unpaired) electrons. The second-order valence-corrected chi connectivity index (χ2v) is 3.85. The molecule has 5 nitrogen and oxygen atoms in total. The molecule has 2 aromatic rings. The molecule has 7 heteroatoms. The zero-order valence-corrected chi connectivity index (χ0v) is 9.57. The van der Waals surface area contributed by atoms with Gasteiger partial charge in [0.2, 0.25) is 5.82 Å². The third-order valence-electron chi connectivity index (χ3n) is 2.21. The molecule has 0 aliphatic heterocycles. The van der Waals surface area contributed by atoms with Gasteiger partial charge >= 0.3 is 5.69 Å². The van der Waals surface area contributed by atoms with Crippen molar-refractivity contribution in [2.24, 2.45) is 0 Å². The molecule has 0 amide bonds. The summed E-state index contributed by atoms with van der Waals surface area (Å²) in [7, 11) is 0. The fourth-order valence-electron chi connectivity index (χ4n) is 1.33. The van der Waals surface area contributed by atoms with Crippen LogP contribution in [0.2, 0.25) is 5.02 Å². The summed E-state index contributed by atoms with van der Waals surface area (Å²) in [6.45, 7) is 0. The fraction of sp³-hybridized carbons (Fsp3) is 0. The summed E-state index contributed by atoms with van der Waals surface area (Å²) >= 11 is 5.65. The van der Waals surface area contributed by atoms with Gasteiger partial charge in [-0.2, -0.15) is 4.39 Å². The Balaban J connectivity index is 2.53. The van der Waals surface area contributed by atoms with Gasteiger partial charge in [0.25, 0.3) is 11.5 Å². The van der Waals surface area contributed by atoms with Crippen LogP contribution in [0, 0.1) is 5.82 Å². The molecule has 0 spiro atoms. The molecule has 0 aliphatic rings. The highest BCUT2D eigenvalue weighted by atomic mass is 35.5. The number of carbonyl (C=O) groups is 1. The van der Waals surface area contributed by atoms with Crippen LogP contribution >= 0.6 is 11.6 Å². The Labute approximate surface area is 104 Å². The van der Waals surface area contributed by atoms with E-state index in [0.29, 0.717) is 15.8 Å². The lowest BCUT2D eigenvalue weighted by Gasteiger charge is -2.03. The van der Waals surface area contributed by atoms with E-state index in [9.17, 15) is 18.8 Å². The number of aromatic amines is 1. The summed E-state index contributed by atoms with van der Waals surface area (Å²) in [6, 6.07) is 5.70. The van der Waals surface area contributed by atoms with Crippen molar-refractivity contribution in [3.05, 3.63) is 67.7 Å². The molecule has 0 unspecified atom stereocenters. The third kappa shape index (κ3) is 2.23. The van der Waals surface area contributed by atoms with Gasteiger partial charge < -0.3 is 0 Å². The molecule has 0 saturated heterocycles. The Morgan fingerprint density at radius 3 is 2.44 bits per heavy atom. The van der Waals surface area contributed by atoms with Gasteiger partial charge in [-0.15, -0.1) is 0 Å². The number of hydrogen-bond acceptors (Lipinski definition) is 3. The zero-order valence-electron chi connectivity index (χ0n) is 8.81. The van der Waals surface area contributed by atoms with Crippen LogP contribution in [-0.2, 0) is 0 Å². The maximum absolute atomic E-state index is 13.0. The highest BCUT2D eigenvalue weighted by molar-refractivity contribution is 6.30. The molecule has 1 aromatic carbocycles. The van der Waals surface area contributed by atoms with Crippen LogP contribution in [-0.4, -0.2) is 15.5 Å². The molecule has 0 bridgehead atoms. The number of nitrogens with zero attached hydrogens (tertiary/aromatic N) is 1. The minimum Gasteiger partial charge on any atom is -0.271 e. The quantitative estimate of drug-likeness (QED) is 0.839. The van der Waals surface area contributed by atoms with Gasteiger partial charge in [-0.25, -0.2) is 9.36 Å². The van der Waals surface area contributed by atoms with Crippen LogP contribution in [0.1, 0.15) is 10.4 Å². The minimum atomic E-state index is -1.21. The summed E-state index contributed by atoms with van der Waals surface area (Å²) in [5, 5.41) is 0.423. The first-order valence-electron chi connectivity index (χ1n) is 4.81. The topological polar surface area (TPSA) is 71.9 Å². The van der Waals surface area contributed by atoms with Crippen LogP contribution in [0.15, 0.2) is 40.1 Å². The maximum Gasteiger partial charge on any atom is 0.335 e. The highest BCUT2D eigenvalue weighted by Gasteiger charge is 2.12. The van der Waals surface area contributed by atoms with Crippen molar-refractivity contribution in [2.45, 2.75) is 0 Å². The van der Waals surface area contributed by atoms with Crippen molar-refractivity contribution in [3.8, 4) is 0 Å². The van der Waals surface area contributed by atoms with Crippen LogP contribution in [0.5, 0.6) is 0 Å². The normalized spacial score (nSPS) is 10.3. The second kappa shape index (κ2) is 4.58. The van der Waals surface area contributed by atoms with E-state index in [4.69, 9.17) is 11.6 Å².